The first kappa shape index (κ1) is 23.0. The summed E-state index contributed by atoms with van der Waals surface area (Å²) in [6, 6.07) is 6.30. The van der Waals surface area contributed by atoms with E-state index in [1.165, 1.54) is 17.7 Å². The quantitative estimate of drug-likeness (QED) is 0.680. The smallest absolute Gasteiger partial charge is 0.195 e. The number of rotatable bonds is 3. The molecule has 3 saturated carbocycles. The Kier molecular flexibility index (Phi) is 4.98. The summed E-state index contributed by atoms with van der Waals surface area (Å²) >= 11 is 0. The van der Waals surface area contributed by atoms with Gasteiger partial charge in [-0.05, 0) is 97.6 Å². The summed E-state index contributed by atoms with van der Waals surface area (Å²) in [6.45, 7) is 2.94. The number of fused-ring (bicyclic) bond motifs is 6. The van der Waals surface area contributed by atoms with Gasteiger partial charge in [-0.25, -0.2) is 13.5 Å². The summed E-state index contributed by atoms with van der Waals surface area (Å²) in [5.74, 6) is -0.819. The number of benzene rings is 1. The first-order chi connectivity index (χ1) is 16.6. The zero-order valence-electron chi connectivity index (χ0n) is 20.2. The maximum atomic E-state index is 13.4. The SMILES string of the molecule is C[C@]12Cc3cnn(-c4ccc(F)cc4)c3C=C1CC[C@@H]1[C@@H]2[C@@H](O)C[C@@]2(C)[C@H]1CC[C@]2(O)C(=O)C[18F]. The molecular formula is C28H32F2N2O3. The lowest BCUT2D eigenvalue weighted by molar-refractivity contribution is -0.179. The van der Waals surface area contributed by atoms with Gasteiger partial charge in [0.25, 0.3) is 0 Å². The number of Topliss-reactive ketones (excluding diaryl/α,β-unsaturated/α-hetero) is 1. The molecule has 2 aromatic rings. The van der Waals surface area contributed by atoms with Gasteiger partial charge in [-0.3, -0.25) is 4.79 Å². The molecule has 6 rings (SSSR count). The van der Waals surface area contributed by atoms with Gasteiger partial charge >= 0.3 is 0 Å². The van der Waals surface area contributed by atoms with Crippen LogP contribution in [0.3, 0.4) is 0 Å². The Bertz CT molecular complexity index is 1220. The van der Waals surface area contributed by atoms with Crippen LogP contribution in [-0.2, 0) is 11.2 Å². The van der Waals surface area contributed by atoms with Crippen molar-refractivity contribution in [2.45, 2.75) is 64.1 Å². The molecular weight excluding hydrogens is 449 g/mol. The highest BCUT2D eigenvalue weighted by Gasteiger charge is 2.68. The Morgan fingerprint density at radius 1 is 1.23 bits per heavy atom. The molecule has 7 atom stereocenters. The summed E-state index contributed by atoms with van der Waals surface area (Å²) in [5.41, 5.74) is 1.40. The van der Waals surface area contributed by atoms with E-state index in [1.54, 1.807) is 12.1 Å². The lowest BCUT2D eigenvalue weighted by Gasteiger charge is -2.60. The van der Waals surface area contributed by atoms with E-state index in [-0.39, 0.29) is 35.4 Å². The van der Waals surface area contributed by atoms with E-state index in [0.29, 0.717) is 12.8 Å². The lowest BCUT2D eigenvalue weighted by atomic mass is 9.45. The Labute approximate surface area is 203 Å². The van der Waals surface area contributed by atoms with E-state index in [0.717, 1.165) is 36.2 Å². The number of hydrogen-bond donors (Lipinski definition) is 2. The minimum absolute atomic E-state index is 0.00859. The van der Waals surface area contributed by atoms with Gasteiger partial charge in [0.1, 0.15) is 11.4 Å². The van der Waals surface area contributed by atoms with Crippen LogP contribution in [0.5, 0.6) is 0 Å². The third kappa shape index (κ3) is 2.97. The van der Waals surface area contributed by atoms with Crippen molar-refractivity contribution in [2.24, 2.45) is 28.6 Å². The van der Waals surface area contributed by atoms with Crippen LogP contribution in [0.25, 0.3) is 11.8 Å². The van der Waals surface area contributed by atoms with E-state index in [1.807, 2.05) is 17.8 Å². The molecule has 2 N–H and O–H groups in total. The largest absolute Gasteiger partial charge is 0.393 e. The molecule has 0 saturated heterocycles. The summed E-state index contributed by atoms with van der Waals surface area (Å²) in [4.78, 5) is 12.5. The standard InChI is InChI=1S/C28H32F2N2O3/c1-26-12-16-15-31-32(19-6-4-18(30)5-7-19)22(16)11-17(26)3-8-20-21-9-10-28(35,24(34)14-29)27(21,2)13-23(33)25(20)26/h4-7,11,15,20-21,23,25,33,35H,3,8-10,12-14H2,1-2H3/t20-,21-,23-,25+,26-,27-,28-/m0/s1/i29-1. The number of aliphatic hydroxyl groups is 2. The number of aromatic nitrogens is 2. The van der Waals surface area contributed by atoms with Crippen LogP contribution in [0.15, 0.2) is 36.0 Å². The van der Waals surface area contributed by atoms with E-state index in [9.17, 15) is 23.8 Å². The number of aliphatic hydroxyl groups excluding tert-OH is 1. The van der Waals surface area contributed by atoms with Crippen molar-refractivity contribution in [3.05, 3.63) is 53.1 Å². The molecule has 0 aliphatic heterocycles. The van der Waals surface area contributed by atoms with Crippen molar-refractivity contribution in [1.82, 2.24) is 9.78 Å². The molecule has 1 heterocycles. The number of carbonyl (C=O) groups excluding carboxylic acids is 1. The number of hydrogen-bond acceptors (Lipinski definition) is 4. The first-order valence-corrected chi connectivity index (χ1v) is 12.7. The van der Waals surface area contributed by atoms with Crippen molar-refractivity contribution in [1.29, 1.82) is 0 Å². The van der Waals surface area contributed by atoms with Gasteiger partial charge in [0.2, 0.25) is 0 Å². The van der Waals surface area contributed by atoms with Crippen LogP contribution in [0.4, 0.5) is 8.78 Å². The monoisotopic (exact) mass is 481 g/mol. The summed E-state index contributed by atoms with van der Waals surface area (Å²) < 4.78 is 28.7. The number of alkyl halides is 1. The van der Waals surface area contributed by atoms with Crippen molar-refractivity contribution in [2.75, 3.05) is 6.67 Å². The van der Waals surface area contributed by atoms with Gasteiger partial charge in [-0.2, -0.15) is 5.10 Å². The Hall–Kier alpha value is -2.38. The van der Waals surface area contributed by atoms with E-state index >= 15 is 0 Å². The Balaban J connectivity index is 1.37. The lowest BCUT2D eigenvalue weighted by Crippen LogP contribution is -2.62. The maximum absolute atomic E-state index is 13.4. The molecule has 5 nitrogen and oxygen atoms in total. The number of halogens is 2. The minimum atomic E-state index is -1.70. The molecule has 0 unspecified atom stereocenters. The average molecular weight is 482 g/mol. The molecule has 4 aliphatic rings. The fourth-order valence-electron chi connectivity index (χ4n) is 8.55. The summed E-state index contributed by atoms with van der Waals surface area (Å²) in [5, 5.41) is 27.5. The van der Waals surface area contributed by atoms with Crippen LogP contribution in [0, 0.1) is 34.4 Å². The van der Waals surface area contributed by atoms with Crippen LogP contribution in [-0.4, -0.2) is 44.2 Å². The summed E-state index contributed by atoms with van der Waals surface area (Å²) in [7, 11) is 0. The highest BCUT2D eigenvalue weighted by atomic mass is 19.1. The predicted octanol–water partition coefficient (Wildman–Crippen LogP) is 4.43. The van der Waals surface area contributed by atoms with Crippen molar-refractivity contribution >= 4 is 11.9 Å². The second-order valence-corrected chi connectivity index (χ2v) is 11.7. The van der Waals surface area contributed by atoms with E-state index in [2.05, 4.69) is 18.1 Å². The van der Waals surface area contributed by atoms with Crippen molar-refractivity contribution < 1.29 is 23.8 Å². The predicted molar refractivity (Wildman–Crippen MR) is 127 cm³/mol. The molecule has 4 aliphatic carbocycles. The Morgan fingerprint density at radius 3 is 2.69 bits per heavy atom. The van der Waals surface area contributed by atoms with Crippen LogP contribution < -0.4 is 0 Å². The van der Waals surface area contributed by atoms with Crippen LogP contribution >= 0.6 is 0 Å². The zero-order chi connectivity index (χ0) is 24.8. The molecule has 7 heteroatoms. The fourth-order valence-corrected chi connectivity index (χ4v) is 8.55. The van der Waals surface area contributed by atoms with Gasteiger partial charge in [-0.15, -0.1) is 0 Å². The number of ketones is 1. The van der Waals surface area contributed by atoms with Gasteiger partial charge < -0.3 is 10.2 Å². The van der Waals surface area contributed by atoms with Crippen LogP contribution in [0.1, 0.15) is 57.2 Å². The molecule has 0 amide bonds. The molecule has 35 heavy (non-hydrogen) atoms. The highest BCUT2D eigenvalue weighted by Crippen LogP contribution is 2.67. The number of nitrogens with zero attached hydrogens (tertiary/aromatic N) is 2. The second-order valence-electron chi connectivity index (χ2n) is 11.7. The molecule has 0 bridgehead atoms. The third-order valence-electron chi connectivity index (χ3n) is 10.2. The fraction of sp³-hybridized carbons (Fsp3) is 0.571. The zero-order valence-corrected chi connectivity index (χ0v) is 20.2. The molecule has 186 valence electrons. The first-order valence-electron chi connectivity index (χ1n) is 12.7. The second kappa shape index (κ2) is 7.56. The van der Waals surface area contributed by atoms with E-state index in [4.69, 9.17) is 0 Å². The number of allylic oxidation sites excluding steroid dienone is 1. The molecule has 0 spiro atoms. The number of carbonyl (C=O) groups is 1. The topological polar surface area (TPSA) is 75.3 Å². The van der Waals surface area contributed by atoms with Crippen molar-refractivity contribution in [3.63, 3.8) is 0 Å². The minimum Gasteiger partial charge on any atom is -0.393 e. The molecule has 1 aromatic carbocycles. The molecule has 0 radical (unpaired) electrons. The molecule has 3 fully saturated rings. The summed E-state index contributed by atoms with van der Waals surface area (Å²) in [6.07, 6.45) is 7.08. The van der Waals surface area contributed by atoms with Gasteiger partial charge in [0.15, 0.2) is 12.5 Å². The highest BCUT2D eigenvalue weighted by molar-refractivity contribution is 5.89. The van der Waals surface area contributed by atoms with Gasteiger partial charge in [0, 0.05) is 5.41 Å². The van der Waals surface area contributed by atoms with Crippen molar-refractivity contribution in [3.8, 4) is 5.69 Å². The molecule has 1 aromatic heterocycles. The maximum Gasteiger partial charge on any atom is 0.195 e. The Morgan fingerprint density at radius 2 is 1.97 bits per heavy atom. The van der Waals surface area contributed by atoms with Crippen LogP contribution in [0.2, 0.25) is 0 Å². The van der Waals surface area contributed by atoms with Gasteiger partial charge in [0.05, 0.1) is 23.7 Å². The van der Waals surface area contributed by atoms with Gasteiger partial charge in [-0.1, -0.05) is 19.4 Å². The van der Waals surface area contributed by atoms with E-state index < -0.39 is 29.6 Å². The third-order valence-corrected chi connectivity index (χ3v) is 10.2. The normalized spacial score (nSPS) is 39.8. The average Bonchev–Trinajstić information content (AvgIpc) is 3.35.